The van der Waals surface area contributed by atoms with Crippen molar-refractivity contribution >= 4 is 0 Å². The van der Waals surface area contributed by atoms with E-state index in [1.165, 1.54) is 18.4 Å². The van der Waals surface area contributed by atoms with Gasteiger partial charge in [-0.05, 0) is 45.0 Å². The molecule has 0 bridgehead atoms. The Kier molecular flexibility index (Phi) is 7.63. The SMILES string of the molecule is CCCCN(CC)Cc1ccc(CN)c(OC(C)C)c1. The van der Waals surface area contributed by atoms with Gasteiger partial charge in [-0.15, -0.1) is 0 Å². The summed E-state index contributed by atoms with van der Waals surface area (Å²) >= 11 is 0. The molecule has 0 unspecified atom stereocenters. The molecule has 0 saturated carbocycles. The highest BCUT2D eigenvalue weighted by molar-refractivity contribution is 5.37. The van der Waals surface area contributed by atoms with Gasteiger partial charge in [0.2, 0.25) is 0 Å². The second-order valence-corrected chi connectivity index (χ2v) is 5.54. The summed E-state index contributed by atoms with van der Waals surface area (Å²) in [6.07, 6.45) is 2.67. The van der Waals surface area contributed by atoms with Gasteiger partial charge >= 0.3 is 0 Å². The van der Waals surface area contributed by atoms with Crippen LogP contribution in [0.25, 0.3) is 0 Å². The summed E-state index contributed by atoms with van der Waals surface area (Å²) in [5.74, 6) is 0.937. The zero-order valence-corrected chi connectivity index (χ0v) is 13.5. The Labute approximate surface area is 124 Å². The van der Waals surface area contributed by atoms with E-state index in [1.54, 1.807) is 0 Å². The molecule has 0 aliphatic carbocycles. The lowest BCUT2D eigenvalue weighted by Gasteiger charge is -2.21. The van der Waals surface area contributed by atoms with Crippen LogP contribution in [0.5, 0.6) is 5.75 Å². The molecular formula is C17H30N2O. The van der Waals surface area contributed by atoms with Crippen LogP contribution in [-0.2, 0) is 13.1 Å². The Morgan fingerprint density at radius 3 is 2.55 bits per heavy atom. The highest BCUT2D eigenvalue weighted by Gasteiger charge is 2.08. The minimum atomic E-state index is 0.179. The van der Waals surface area contributed by atoms with Gasteiger partial charge in [-0.25, -0.2) is 0 Å². The molecular weight excluding hydrogens is 248 g/mol. The van der Waals surface area contributed by atoms with Crippen molar-refractivity contribution in [2.45, 2.75) is 59.7 Å². The molecule has 0 radical (unpaired) electrons. The van der Waals surface area contributed by atoms with E-state index >= 15 is 0 Å². The molecule has 20 heavy (non-hydrogen) atoms. The normalized spacial score (nSPS) is 11.3. The second kappa shape index (κ2) is 8.98. The molecule has 0 aliphatic rings. The Morgan fingerprint density at radius 2 is 2.00 bits per heavy atom. The van der Waals surface area contributed by atoms with E-state index in [-0.39, 0.29) is 6.10 Å². The van der Waals surface area contributed by atoms with Gasteiger partial charge in [0.25, 0.3) is 0 Å². The van der Waals surface area contributed by atoms with E-state index in [0.717, 1.165) is 30.9 Å². The Hall–Kier alpha value is -1.06. The van der Waals surface area contributed by atoms with Crippen LogP contribution >= 0.6 is 0 Å². The molecule has 0 saturated heterocycles. The lowest BCUT2D eigenvalue weighted by atomic mass is 10.1. The molecule has 114 valence electrons. The van der Waals surface area contributed by atoms with Gasteiger partial charge in [-0.2, -0.15) is 0 Å². The van der Waals surface area contributed by atoms with Crippen LogP contribution < -0.4 is 10.5 Å². The monoisotopic (exact) mass is 278 g/mol. The number of unbranched alkanes of at least 4 members (excludes halogenated alkanes) is 1. The molecule has 0 aromatic heterocycles. The molecule has 1 aromatic carbocycles. The summed E-state index contributed by atoms with van der Waals surface area (Å²) in [7, 11) is 0. The lowest BCUT2D eigenvalue weighted by molar-refractivity contribution is 0.238. The van der Waals surface area contributed by atoms with Crippen molar-refractivity contribution in [2.75, 3.05) is 13.1 Å². The Bertz CT molecular complexity index is 391. The zero-order chi connectivity index (χ0) is 15.0. The van der Waals surface area contributed by atoms with E-state index in [1.807, 2.05) is 13.8 Å². The van der Waals surface area contributed by atoms with Gasteiger partial charge in [0, 0.05) is 18.7 Å². The zero-order valence-electron chi connectivity index (χ0n) is 13.5. The van der Waals surface area contributed by atoms with Crippen LogP contribution in [0, 0.1) is 0 Å². The van der Waals surface area contributed by atoms with Gasteiger partial charge in [-0.3, -0.25) is 4.90 Å². The van der Waals surface area contributed by atoms with Crippen molar-refractivity contribution in [2.24, 2.45) is 5.73 Å². The number of ether oxygens (including phenoxy) is 1. The first-order valence-corrected chi connectivity index (χ1v) is 7.81. The van der Waals surface area contributed by atoms with E-state index in [2.05, 4.69) is 36.9 Å². The predicted octanol–water partition coefficient (Wildman–Crippen LogP) is 3.55. The highest BCUT2D eigenvalue weighted by Crippen LogP contribution is 2.22. The van der Waals surface area contributed by atoms with Crippen LogP contribution in [0.1, 0.15) is 51.7 Å². The Morgan fingerprint density at radius 1 is 1.25 bits per heavy atom. The fourth-order valence-corrected chi connectivity index (χ4v) is 2.22. The van der Waals surface area contributed by atoms with Crippen molar-refractivity contribution in [1.29, 1.82) is 0 Å². The van der Waals surface area contributed by atoms with Crippen LogP contribution in [0.3, 0.4) is 0 Å². The van der Waals surface area contributed by atoms with Crippen molar-refractivity contribution in [3.63, 3.8) is 0 Å². The van der Waals surface area contributed by atoms with Crippen LogP contribution in [0.2, 0.25) is 0 Å². The summed E-state index contributed by atoms with van der Waals surface area (Å²) in [6, 6.07) is 6.42. The van der Waals surface area contributed by atoms with E-state index in [4.69, 9.17) is 10.5 Å². The number of hydrogen-bond donors (Lipinski definition) is 1. The molecule has 0 fully saturated rings. The average molecular weight is 278 g/mol. The van der Waals surface area contributed by atoms with Gasteiger partial charge in [0.1, 0.15) is 5.75 Å². The van der Waals surface area contributed by atoms with E-state index in [9.17, 15) is 0 Å². The van der Waals surface area contributed by atoms with Crippen molar-refractivity contribution in [3.8, 4) is 5.75 Å². The number of hydrogen-bond acceptors (Lipinski definition) is 3. The highest BCUT2D eigenvalue weighted by atomic mass is 16.5. The fraction of sp³-hybridized carbons (Fsp3) is 0.647. The first kappa shape index (κ1) is 17.0. The van der Waals surface area contributed by atoms with Gasteiger partial charge in [-0.1, -0.05) is 32.4 Å². The fourth-order valence-electron chi connectivity index (χ4n) is 2.22. The minimum Gasteiger partial charge on any atom is -0.491 e. The summed E-state index contributed by atoms with van der Waals surface area (Å²) in [5.41, 5.74) is 8.16. The Balaban J connectivity index is 2.79. The third-order valence-corrected chi connectivity index (χ3v) is 3.40. The van der Waals surface area contributed by atoms with Crippen LogP contribution in [0.15, 0.2) is 18.2 Å². The minimum absolute atomic E-state index is 0.179. The quantitative estimate of drug-likeness (QED) is 0.750. The maximum absolute atomic E-state index is 5.87. The number of nitrogens with zero attached hydrogens (tertiary/aromatic N) is 1. The number of nitrogens with two attached hydrogens (primary N) is 1. The predicted molar refractivity (Wildman–Crippen MR) is 86.0 cm³/mol. The van der Waals surface area contributed by atoms with Gasteiger partial charge in [0.15, 0.2) is 0 Å². The maximum atomic E-state index is 5.87. The van der Waals surface area contributed by atoms with Crippen molar-refractivity contribution < 1.29 is 4.74 Å². The summed E-state index contributed by atoms with van der Waals surface area (Å²) < 4.78 is 5.87. The molecule has 0 aliphatic heterocycles. The average Bonchev–Trinajstić information content (AvgIpc) is 2.43. The molecule has 0 atom stereocenters. The largest absolute Gasteiger partial charge is 0.491 e. The lowest BCUT2D eigenvalue weighted by Crippen LogP contribution is -2.24. The smallest absolute Gasteiger partial charge is 0.124 e. The number of rotatable bonds is 9. The first-order chi connectivity index (χ1) is 9.60. The van der Waals surface area contributed by atoms with Gasteiger partial charge < -0.3 is 10.5 Å². The van der Waals surface area contributed by atoms with Crippen molar-refractivity contribution in [3.05, 3.63) is 29.3 Å². The summed E-state index contributed by atoms with van der Waals surface area (Å²) in [6.45, 7) is 12.3. The first-order valence-electron chi connectivity index (χ1n) is 7.81. The third kappa shape index (κ3) is 5.51. The van der Waals surface area contributed by atoms with Crippen LogP contribution in [0.4, 0.5) is 0 Å². The molecule has 0 spiro atoms. The molecule has 2 N–H and O–H groups in total. The topological polar surface area (TPSA) is 38.5 Å². The third-order valence-electron chi connectivity index (χ3n) is 3.40. The second-order valence-electron chi connectivity index (χ2n) is 5.54. The molecule has 3 nitrogen and oxygen atoms in total. The maximum Gasteiger partial charge on any atom is 0.124 e. The molecule has 1 aromatic rings. The van der Waals surface area contributed by atoms with E-state index < -0.39 is 0 Å². The summed E-state index contributed by atoms with van der Waals surface area (Å²) in [5, 5.41) is 0. The van der Waals surface area contributed by atoms with Crippen molar-refractivity contribution in [1.82, 2.24) is 4.90 Å². The number of benzene rings is 1. The van der Waals surface area contributed by atoms with E-state index in [0.29, 0.717) is 6.54 Å². The summed E-state index contributed by atoms with van der Waals surface area (Å²) in [4.78, 5) is 2.47. The molecule has 1 rings (SSSR count). The standard InChI is InChI=1S/C17H30N2O/c1-5-7-10-19(6-2)13-15-8-9-16(12-18)17(11-15)20-14(3)4/h8-9,11,14H,5-7,10,12-13,18H2,1-4H3. The molecule has 3 heteroatoms. The van der Waals surface area contributed by atoms with Gasteiger partial charge in [0.05, 0.1) is 6.10 Å². The molecule has 0 amide bonds. The van der Waals surface area contributed by atoms with Crippen LogP contribution in [-0.4, -0.2) is 24.1 Å². The molecule has 0 heterocycles.